The molecular formula is C17H21F3N2O3. The van der Waals surface area contributed by atoms with Gasteiger partial charge in [0.2, 0.25) is 0 Å². The largest absolute Gasteiger partial charge is 0.484 e. The molecule has 2 saturated heterocycles. The molecule has 0 aliphatic carbocycles. The number of halogens is 3. The number of carbonyl (C=O) groups is 1. The lowest BCUT2D eigenvalue weighted by Crippen LogP contribution is -2.41. The van der Waals surface area contributed by atoms with Crippen LogP contribution in [0.25, 0.3) is 0 Å². The second kappa shape index (κ2) is 7.21. The van der Waals surface area contributed by atoms with E-state index < -0.39 is 17.8 Å². The molecule has 2 aliphatic rings. The van der Waals surface area contributed by atoms with Crippen LogP contribution in [0.15, 0.2) is 24.3 Å². The molecular weight excluding hydrogens is 337 g/mol. The van der Waals surface area contributed by atoms with Crippen molar-refractivity contribution in [3.63, 3.8) is 0 Å². The number of likely N-dealkylation sites (tertiary alicyclic amines) is 2. The summed E-state index contributed by atoms with van der Waals surface area (Å²) in [5.41, 5.74) is -0.817. The minimum Gasteiger partial charge on any atom is -0.484 e. The monoisotopic (exact) mass is 358 g/mol. The van der Waals surface area contributed by atoms with E-state index in [2.05, 4.69) is 4.90 Å². The van der Waals surface area contributed by atoms with Gasteiger partial charge >= 0.3 is 6.18 Å². The molecule has 0 aromatic heterocycles. The summed E-state index contributed by atoms with van der Waals surface area (Å²) in [5.74, 6) is -0.336. The zero-order valence-corrected chi connectivity index (χ0v) is 13.7. The quantitative estimate of drug-likeness (QED) is 0.891. The van der Waals surface area contributed by atoms with Gasteiger partial charge in [0.05, 0.1) is 17.7 Å². The fourth-order valence-corrected chi connectivity index (χ4v) is 3.40. The van der Waals surface area contributed by atoms with E-state index in [1.807, 2.05) is 0 Å². The van der Waals surface area contributed by atoms with Gasteiger partial charge in [0.15, 0.2) is 6.61 Å². The number of aliphatic hydroxyl groups is 1. The summed E-state index contributed by atoms with van der Waals surface area (Å²) in [5, 5.41) is 10.2. The van der Waals surface area contributed by atoms with Crippen LogP contribution in [0.5, 0.6) is 5.75 Å². The Hall–Kier alpha value is -1.80. The van der Waals surface area contributed by atoms with Crippen molar-refractivity contribution in [2.24, 2.45) is 0 Å². The van der Waals surface area contributed by atoms with Gasteiger partial charge in [0.1, 0.15) is 5.75 Å². The Morgan fingerprint density at radius 3 is 2.64 bits per heavy atom. The molecule has 1 N–H and O–H groups in total. The summed E-state index contributed by atoms with van der Waals surface area (Å²) in [6, 6.07) is 4.38. The predicted molar refractivity (Wildman–Crippen MR) is 84.1 cm³/mol. The summed E-state index contributed by atoms with van der Waals surface area (Å²) < 4.78 is 43.3. The maximum Gasteiger partial charge on any atom is 0.416 e. The SMILES string of the molecule is O=C(COc1cccc(C(F)(F)F)c1)N1C[C@H](O)[C@@H](N2CCCC2)C1. The van der Waals surface area contributed by atoms with Gasteiger partial charge in [0.25, 0.3) is 5.91 Å². The molecule has 1 aromatic carbocycles. The fraction of sp³-hybridized carbons (Fsp3) is 0.588. The molecule has 0 bridgehead atoms. The average Bonchev–Trinajstić information content (AvgIpc) is 3.21. The number of ether oxygens (including phenoxy) is 1. The Bertz CT molecular complexity index is 617. The lowest BCUT2D eigenvalue weighted by molar-refractivity contribution is -0.137. The highest BCUT2D eigenvalue weighted by Crippen LogP contribution is 2.31. The van der Waals surface area contributed by atoms with Crippen molar-refractivity contribution in [1.29, 1.82) is 0 Å². The normalized spacial score (nSPS) is 24.7. The van der Waals surface area contributed by atoms with E-state index in [1.165, 1.54) is 17.0 Å². The third-order valence-electron chi connectivity index (χ3n) is 4.75. The number of nitrogens with zero attached hydrogens (tertiary/aromatic N) is 2. The van der Waals surface area contributed by atoms with Crippen LogP contribution in [0.3, 0.4) is 0 Å². The molecule has 1 amide bonds. The lowest BCUT2D eigenvalue weighted by atomic mass is 10.2. The number of benzene rings is 1. The fourth-order valence-electron chi connectivity index (χ4n) is 3.40. The van der Waals surface area contributed by atoms with Gasteiger partial charge in [-0.2, -0.15) is 13.2 Å². The molecule has 8 heteroatoms. The number of alkyl halides is 3. The zero-order chi connectivity index (χ0) is 18.0. The molecule has 138 valence electrons. The Labute approximate surface area is 144 Å². The molecule has 1 aromatic rings. The van der Waals surface area contributed by atoms with Gasteiger partial charge in [-0.05, 0) is 44.1 Å². The van der Waals surface area contributed by atoms with Gasteiger partial charge in [-0.1, -0.05) is 6.07 Å². The van der Waals surface area contributed by atoms with Gasteiger partial charge in [-0.3, -0.25) is 9.69 Å². The summed E-state index contributed by atoms with van der Waals surface area (Å²) in [7, 11) is 0. The number of carbonyl (C=O) groups excluding carboxylic acids is 1. The van der Waals surface area contributed by atoms with Crippen LogP contribution in [0.4, 0.5) is 13.2 Å². The number of rotatable bonds is 4. The highest BCUT2D eigenvalue weighted by molar-refractivity contribution is 5.78. The van der Waals surface area contributed by atoms with E-state index in [1.54, 1.807) is 0 Å². The van der Waals surface area contributed by atoms with Crippen LogP contribution in [0.2, 0.25) is 0 Å². The average molecular weight is 358 g/mol. The van der Waals surface area contributed by atoms with E-state index >= 15 is 0 Å². The van der Waals surface area contributed by atoms with E-state index in [-0.39, 0.29) is 30.9 Å². The number of β-amino-alcohol motifs (C(OH)–C–C–N with tert-alkyl or cyclic N) is 1. The second-order valence-corrected chi connectivity index (χ2v) is 6.49. The van der Waals surface area contributed by atoms with Crippen molar-refractivity contribution in [2.45, 2.75) is 31.2 Å². The van der Waals surface area contributed by atoms with Crippen molar-refractivity contribution < 1.29 is 27.8 Å². The highest BCUT2D eigenvalue weighted by atomic mass is 19.4. The molecule has 0 spiro atoms. The summed E-state index contributed by atoms with van der Waals surface area (Å²) >= 11 is 0. The molecule has 2 fully saturated rings. The van der Waals surface area contributed by atoms with Crippen molar-refractivity contribution in [3.8, 4) is 5.75 Å². The highest BCUT2D eigenvalue weighted by Gasteiger charge is 2.38. The number of hydrogen-bond donors (Lipinski definition) is 1. The third kappa shape index (κ3) is 4.24. The minimum absolute atomic E-state index is 0.000914. The number of hydrogen-bond acceptors (Lipinski definition) is 4. The van der Waals surface area contributed by atoms with Crippen molar-refractivity contribution in [2.75, 3.05) is 32.8 Å². The molecule has 3 rings (SSSR count). The first-order chi connectivity index (χ1) is 11.8. The van der Waals surface area contributed by atoms with Crippen LogP contribution < -0.4 is 4.74 Å². The maximum atomic E-state index is 12.7. The maximum absolute atomic E-state index is 12.7. The Morgan fingerprint density at radius 2 is 1.96 bits per heavy atom. The van der Waals surface area contributed by atoms with Gasteiger partial charge in [-0.25, -0.2) is 0 Å². The molecule has 5 nitrogen and oxygen atoms in total. The standard InChI is InChI=1S/C17H21F3N2O3/c18-17(19,20)12-4-3-5-13(8-12)25-11-16(24)22-9-14(15(23)10-22)21-6-1-2-7-21/h3-5,8,14-15,23H,1-2,6-7,9-11H2/t14-,15-/m0/s1. The van der Waals surface area contributed by atoms with Crippen LogP contribution >= 0.6 is 0 Å². The smallest absolute Gasteiger partial charge is 0.416 e. The van der Waals surface area contributed by atoms with Crippen molar-refractivity contribution >= 4 is 5.91 Å². The summed E-state index contributed by atoms with van der Waals surface area (Å²) in [6.07, 6.45) is -2.87. The first-order valence-electron chi connectivity index (χ1n) is 8.34. The van der Waals surface area contributed by atoms with E-state index in [9.17, 15) is 23.1 Å². The summed E-state index contributed by atoms with van der Waals surface area (Å²) in [6.45, 7) is 2.15. The lowest BCUT2D eigenvalue weighted by Gasteiger charge is -2.25. The Kier molecular flexibility index (Phi) is 5.19. The summed E-state index contributed by atoms with van der Waals surface area (Å²) in [4.78, 5) is 16.0. The predicted octanol–water partition coefficient (Wildman–Crippen LogP) is 1.75. The Balaban J connectivity index is 1.55. The minimum atomic E-state index is -4.45. The van der Waals surface area contributed by atoms with E-state index in [0.717, 1.165) is 38.1 Å². The number of aliphatic hydroxyl groups excluding tert-OH is 1. The number of amides is 1. The molecule has 2 heterocycles. The first kappa shape index (κ1) is 18.0. The van der Waals surface area contributed by atoms with Crippen molar-refractivity contribution in [3.05, 3.63) is 29.8 Å². The zero-order valence-electron chi connectivity index (χ0n) is 13.7. The van der Waals surface area contributed by atoms with Crippen LogP contribution in [0, 0.1) is 0 Å². The molecule has 2 atom stereocenters. The molecule has 0 saturated carbocycles. The first-order valence-corrected chi connectivity index (χ1v) is 8.34. The third-order valence-corrected chi connectivity index (χ3v) is 4.75. The molecule has 2 aliphatic heterocycles. The molecule has 0 unspecified atom stereocenters. The van der Waals surface area contributed by atoms with Crippen LogP contribution in [-0.4, -0.2) is 65.7 Å². The van der Waals surface area contributed by atoms with Crippen molar-refractivity contribution in [1.82, 2.24) is 9.80 Å². The van der Waals surface area contributed by atoms with E-state index in [4.69, 9.17) is 4.74 Å². The Morgan fingerprint density at radius 1 is 1.24 bits per heavy atom. The van der Waals surface area contributed by atoms with E-state index in [0.29, 0.717) is 6.54 Å². The van der Waals surface area contributed by atoms with Crippen LogP contribution in [0.1, 0.15) is 18.4 Å². The van der Waals surface area contributed by atoms with Gasteiger partial charge in [-0.15, -0.1) is 0 Å². The second-order valence-electron chi connectivity index (χ2n) is 6.49. The van der Waals surface area contributed by atoms with Gasteiger partial charge in [0, 0.05) is 13.1 Å². The molecule has 0 radical (unpaired) electrons. The van der Waals surface area contributed by atoms with Gasteiger partial charge < -0.3 is 14.7 Å². The van der Waals surface area contributed by atoms with Crippen LogP contribution in [-0.2, 0) is 11.0 Å². The molecule has 25 heavy (non-hydrogen) atoms. The topological polar surface area (TPSA) is 53.0 Å².